The number of benzene rings is 1. The first-order valence-electron chi connectivity index (χ1n) is 6.51. The van der Waals surface area contributed by atoms with Crippen LogP contribution in [0.2, 0.25) is 0 Å². The lowest BCUT2D eigenvalue weighted by Gasteiger charge is -2.13. The number of hydrogen-bond acceptors (Lipinski definition) is 3. The highest BCUT2D eigenvalue weighted by Gasteiger charge is 2.05. The summed E-state index contributed by atoms with van der Waals surface area (Å²) in [4.78, 5) is 4.33. The van der Waals surface area contributed by atoms with Gasteiger partial charge in [0.2, 0.25) is 0 Å². The third kappa shape index (κ3) is 3.55. The topological polar surface area (TPSA) is 34.1 Å². The number of aryl methyl sites for hydroxylation is 1. The van der Waals surface area contributed by atoms with Crippen molar-refractivity contribution in [1.82, 2.24) is 10.3 Å². The molecule has 1 aromatic heterocycles. The Morgan fingerprint density at radius 2 is 2.11 bits per heavy atom. The fourth-order valence-electron chi connectivity index (χ4n) is 1.86. The molecule has 2 rings (SSSR count). The third-order valence-corrected chi connectivity index (χ3v) is 3.28. The highest BCUT2D eigenvalue weighted by Crippen LogP contribution is 2.19. The van der Waals surface area contributed by atoms with Crippen LogP contribution in [0.3, 0.4) is 0 Å². The van der Waals surface area contributed by atoms with Gasteiger partial charge in [0.05, 0.1) is 5.69 Å². The SMILES string of the molecule is CNC(C)c1cccc(OCc2ncccc2C)c1. The lowest BCUT2D eigenvalue weighted by atomic mass is 10.1. The van der Waals surface area contributed by atoms with Crippen LogP contribution in [0, 0.1) is 6.92 Å². The Morgan fingerprint density at radius 3 is 2.84 bits per heavy atom. The lowest BCUT2D eigenvalue weighted by Crippen LogP contribution is -2.12. The maximum atomic E-state index is 5.82. The molecular formula is C16H20N2O. The van der Waals surface area contributed by atoms with Gasteiger partial charge in [-0.2, -0.15) is 0 Å². The van der Waals surface area contributed by atoms with E-state index in [0.29, 0.717) is 12.6 Å². The molecule has 3 nitrogen and oxygen atoms in total. The van der Waals surface area contributed by atoms with Crippen molar-refractivity contribution in [2.75, 3.05) is 7.05 Å². The minimum atomic E-state index is 0.320. The van der Waals surface area contributed by atoms with E-state index in [4.69, 9.17) is 4.74 Å². The van der Waals surface area contributed by atoms with Crippen LogP contribution >= 0.6 is 0 Å². The van der Waals surface area contributed by atoms with Crippen LogP contribution in [0.4, 0.5) is 0 Å². The minimum Gasteiger partial charge on any atom is -0.487 e. The van der Waals surface area contributed by atoms with E-state index < -0.39 is 0 Å². The van der Waals surface area contributed by atoms with E-state index in [2.05, 4.69) is 29.4 Å². The zero-order valence-electron chi connectivity index (χ0n) is 11.7. The number of ether oxygens (including phenoxy) is 1. The molecule has 0 aliphatic carbocycles. The number of nitrogens with zero attached hydrogens (tertiary/aromatic N) is 1. The molecule has 0 aliphatic rings. The predicted molar refractivity (Wildman–Crippen MR) is 77.2 cm³/mol. The molecule has 1 aromatic carbocycles. The number of rotatable bonds is 5. The first kappa shape index (κ1) is 13.6. The second-order valence-corrected chi connectivity index (χ2v) is 4.64. The van der Waals surface area contributed by atoms with Crippen molar-refractivity contribution in [3.63, 3.8) is 0 Å². The molecule has 3 heteroatoms. The third-order valence-electron chi connectivity index (χ3n) is 3.28. The van der Waals surface area contributed by atoms with E-state index in [-0.39, 0.29) is 0 Å². The van der Waals surface area contributed by atoms with E-state index in [0.717, 1.165) is 17.0 Å². The molecule has 0 aliphatic heterocycles. The molecule has 0 saturated carbocycles. The van der Waals surface area contributed by atoms with Crippen molar-refractivity contribution in [2.24, 2.45) is 0 Å². The van der Waals surface area contributed by atoms with E-state index >= 15 is 0 Å². The molecule has 19 heavy (non-hydrogen) atoms. The fraction of sp³-hybridized carbons (Fsp3) is 0.312. The number of nitrogens with one attached hydrogen (secondary N) is 1. The van der Waals surface area contributed by atoms with Crippen LogP contribution in [-0.2, 0) is 6.61 Å². The summed E-state index contributed by atoms with van der Waals surface area (Å²) in [5.41, 5.74) is 3.36. The monoisotopic (exact) mass is 256 g/mol. The summed E-state index contributed by atoms with van der Waals surface area (Å²) in [7, 11) is 1.95. The molecule has 0 amide bonds. The van der Waals surface area contributed by atoms with Crippen molar-refractivity contribution >= 4 is 0 Å². The second kappa shape index (κ2) is 6.34. The van der Waals surface area contributed by atoms with Crippen molar-refractivity contribution in [3.05, 3.63) is 59.4 Å². The van der Waals surface area contributed by atoms with Gasteiger partial charge < -0.3 is 10.1 Å². The van der Waals surface area contributed by atoms with Crippen LogP contribution in [-0.4, -0.2) is 12.0 Å². The summed E-state index contributed by atoms with van der Waals surface area (Å²) in [6, 6.07) is 12.5. The molecule has 1 heterocycles. The standard InChI is InChI=1S/C16H20N2O/c1-12-6-5-9-18-16(12)11-19-15-8-4-7-14(10-15)13(2)17-3/h4-10,13,17H,11H2,1-3H3. The predicted octanol–water partition coefficient (Wildman–Crippen LogP) is 3.25. The average molecular weight is 256 g/mol. The minimum absolute atomic E-state index is 0.320. The van der Waals surface area contributed by atoms with Gasteiger partial charge in [0, 0.05) is 12.2 Å². The van der Waals surface area contributed by atoms with Crippen molar-refractivity contribution in [1.29, 1.82) is 0 Å². The summed E-state index contributed by atoms with van der Waals surface area (Å²) < 4.78 is 5.82. The molecule has 0 fully saturated rings. The molecule has 0 spiro atoms. The van der Waals surface area contributed by atoms with Crippen LogP contribution in [0.5, 0.6) is 5.75 Å². The van der Waals surface area contributed by atoms with Crippen molar-refractivity contribution in [2.45, 2.75) is 26.5 Å². The smallest absolute Gasteiger partial charge is 0.130 e. The maximum Gasteiger partial charge on any atom is 0.130 e. The zero-order valence-corrected chi connectivity index (χ0v) is 11.7. The van der Waals surface area contributed by atoms with E-state index in [1.54, 1.807) is 6.20 Å². The molecule has 0 saturated heterocycles. The molecule has 0 radical (unpaired) electrons. The Kier molecular flexibility index (Phi) is 4.53. The van der Waals surface area contributed by atoms with Crippen molar-refractivity contribution < 1.29 is 4.74 Å². The molecule has 2 aromatic rings. The van der Waals surface area contributed by atoms with Gasteiger partial charge in [-0.1, -0.05) is 18.2 Å². The van der Waals surface area contributed by atoms with E-state index in [1.807, 2.05) is 38.2 Å². The van der Waals surface area contributed by atoms with Crippen LogP contribution in [0.25, 0.3) is 0 Å². The molecular weight excluding hydrogens is 236 g/mol. The summed E-state index contributed by atoms with van der Waals surface area (Å²) in [5.74, 6) is 0.879. The Bertz CT molecular complexity index is 540. The van der Waals surface area contributed by atoms with Crippen LogP contribution < -0.4 is 10.1 Å². The number of hydrogen-bond donors (Lipinski definition) is 1. The summed E-state index contributed by atoms with van der Waals surface area (Å²) in [5, 5.41) is 3.22. The summed E-state index contributed by atoms with van der Waals surface area (Å²) in [6.07, 6.45) is 1.80. The Hall–Kier alpha value is -1.87. The van der Waals surface area contributed by atoms with Gasteiger partial charge in [0.15, 0.2) is 0 Å². The van der Waals surface area contributed by atoms with E-state index in [1.165, 1.54) is 5.56 Å². The zero-order chi connectivity index (χ0) is 13.7. The number of aromatic nitrogens is 1. The molecule has 1 N–H and O–H groups in total. The lowest BCUT2D eigenvalue weighted by molar-refractivity contribution is 0.300. The highest BCUT2D eigenvalue weighted by molar-refractivity contribution is 5.30. The second-order valence-electron chi connectivity index (χ2n) is 4.64. The van der Waals surface area contributed by atoms with Crippen molar-refractivity contribution in [3.8, 4) is 5.75 Å². The van der Waals surface area contributed by atoms with Crippen LogP contribution in [0.15, 0.2) is 42.6 Å². The van der Waals surface area contributed by atoms with Gasteiger partial charge in [0.1, 0.15) is 12.4 Å². The first-order chi connectivity index (χ1) is 9.20. The highest BCUT2D eigenvalue weighted by atomic mass is 16.5. The quantitative estimate of drug-likeness (QED) is 0.891. The Balaban J connectivity index is 2.06. The van der Waals surface area contributed by atoms with Gasteiger partial charge in [-0.25, -0.2) is 0 Å². The first-order valence-corrected chi connectivity index (χ1v) is 6.51. The van der Waals surface area contributed by atoms with Gasteiger partial charge in [-0.05, 0) is 50.2 Å². The van der Waals surface area contributed by atoms with Gasteiger partial charge in [-0.15, -0.1) is 0 Å². The molecule has 1 unspecified atom stereocenters. The molecule has 0 bridgehead atoms. The number of pyridine rings is 1. The Morgan fingerprint density at radius 1 is 1.26 bits per heavy atom. The summed E-state index contributed by atoms with van der Waals surface area (Å²) in [6.45, 7) is 4.68. The average Bonchev–Trinajstić information content (AvgIpc) is 2.46. The largest absolute Gasteiger partial charge is 0.487 e. The summed E-state index contributed by atoms with van der Waals surface area (Å²) >= 11 is 0. The Labute approximate surface area is 114 Å². The molecule has 100 valence electrons. The van der Waals surface area contributed by atoms with Gasteiger partial charge >= 0.3 is 0 Å². The maximum absolute atomic E-state index is 5.82. The molecule has 1 atom stereocenters. The van der Waals surface area contributed by atoms with E-state index in [9.17, 15) is 0 Å². The van der Waals surface area contributed by atoms with Gasteiger partial charge in [0.25, 0.3) is 0 Å². The fourth-order valence-corrected chi connectivity index (χ4v) is 1.86. The van der Waals surface area contributed by atoms with Crippen LogP contribution in [0.1, 0.15) is 29.8 Å². The van der Waals surface area contributed by atoms with Gasteiger partial charge in [-0.3, -0.25) is 4.98 Å². The normalized spacial score (nSPS) is 12.2.